The van der Waals surface area contributed by atoms with Crippen LogP contribution in [0.2, 0.25) is 0 Å². The number of aliphatic hydroxyl groups excluding tert-OH is 1. The van der Waals surface area contributed by atoms with Crippen molar-refractivity contribution in [2.24, 2.45) is 0 Å². The molecule has 0 spiro atoms. The topological polar surface area (TPSA) is 122 Å². The molecule has 0 bridgehead atoms. The summed E-state index contributed by atoms with van der Waals surface area (Å²) < 4.78 is 33.8. The molecule has 0 aliphatic carbocycles. The average molecular weight is 436 g/mol. The predicted octanol–water partition coefficient (Wildman–Crippen LogP) is 3.07. The van der Waals surface area contributed by atoms with Crippen LogP contribution in [0.25, 0.3) is 10.6 Å². The molecule has 3 N–H and O–H groups in total. The van der Waals surface area contributed by atoms with Crippen LogP contribution in [0, 0.1) is 6.92 Å². The number of aromatic nitrogens is 1. The smallest absolute Gasteiger partial charge is 0.274 e. The number of nitrogens with zero attached hydrogens (tertiary/aromatic N) is 1. The fourth-order valence-electron chi connectivity index (χ4n) is 2.77. The Labute approximate surface area is 172 Å². The highest BCUT2D eigenvalue weighted by Gasteiger charge is 2.25. The molecular weight excluding hydrogens is 414 g/mol. The summed E-state index contributed by atoms with van der Waals surface area (Å²) in [5.41, 5.74) is 1.36. The summed E-state index contributed by atoms with van der Waals surface area (Å²) in [6.07, 6.45) is 0.227. The van der Waals surface area contributed by atoms with Gasteiger partial charge in [0.15, 0.2) is 5.13 Å². The summed E-state index contributed by atoms with van der Waals surface area (Å²) >= 11 is 1.20. The van der Waals surface area contributed by atoms with Crippen molar-refractivity contribution < 1.29 is 22.7 Å². The average Bonchev–Trinajstić information content (AvgIpc) is 3.28. The molecule has 3 rings (SSSR count). The molecule has 1 atom stereocenters. The summed E-state index contributed by atoms with van der Waals surface area (Å²) in [5.74, 6) is 0.100. The highest BCUT2D eigenvalue weighted by molar-refractivity contribution is 7.89. The lowest BCUT2D eigenvalue weighted by molar-refractivity contribution is -0.114. The van der Waals surface area contributed by atoms with Gasteiger partial charge in [-0.1, -0.05) is 41.7 Å². The Kier molecular flexibility index (Phi) is 6.48. The molecular formula is C19H21N3O5S2. The minimum Gasteiger partial charge on any atom is -0.442 e. The van der Waals surface area contributed by atoms with Crippen molar-refractivity contribution in [1.82, 2.24) is 9.71 Å². The molecule has 10 heteroatoms. The van der Waals surface area contributed by atoms with Crippen LogP contribution >= 0.6 is 11.3 Å². The number of carbonyl (C=O) groups is 1. The van der Waals surface area contributed by atoms with Crippen LogP contribution in [0.5, 0.6) is 0 Å². The summed E-state index contributed by atoms with van der Waals surface area (Å²) in [4.78, 5) is 16.1. The Hall–Kier alpha value is -2.53. The van der Waals surface area contributed by atoms with E-state index in [1.54, 1.807) is 37.3 Å². The molecule has 0 saturated heterocycles. The molecule has 1 amide bonds. The van der Waals surface area contributed by atoms with Gasteiger partial charge in [0.1, 0.15) is 5.76 Å². The van der Waals surface area contributed by atoms with Crippen LogP contribution in [0.4, 0.5) is 5.13 Å². The second kappa shape index (κ2) is 8.87. The van der Waals surface area contributed by atoms with Gasteiger partial charge >= 0.3 is 0 Å². The Bertz CT molecular complexity index is 1090. The van der Waals surface area contributed by atoms with Gasteiger partial charge in [0.25, 0.3) is 10.0 Å². The number of aliphatic hydroxyl groups is 1. The first kappa shape index (κ1) is 21.2. The third kappa shape index (κ3) is 5.10. The number of aryl methyl sites for hydroxylation is 1. The Morgan fingerprint density at radius 1 is 1.24 bits per heavy atom. The van der Waals surface area contributed by atoms with Gasteiger partial charge in [-0.05, 0) is 31.0 Å². The summed E-state index contributed by atoms with van der Waals surface area (Å²) in [6.45, 7) is 2.96. The van der Waals surface area contributed by atoms with Crippen molar-refractivity contribution in [3.05, 3.63) is 53.7 Å². The van der Waals surface area contributed by atoms with Gasteiger partial charge in [0.05, 0.1) is 10.6 Å². The van der Waals surface area contributed by atoms with Crippen molar-refractivity contribution in [2.45, 2.75) is 31.4 Å². The zero-order valence-corrected chi connectivity index (χ0v) is 17.5. The molecule has 0 fully saturated rings. The quantitative estimate of drug-likeness (QED) is 0.500. The first-order chi connectivity index (χ1) is 13.8. The van der Waals surface area contributed by atoms with Crippen molar-refractivity contribution in [1.29, 1.82) is 0 Å². The zero-order valence-electron chi connectivity index (χ0n) is 15.9. The number of furan rings is 1. The van der Waals surface area contributed by atoms with E-state index in [0.29, 0.717) is 21.5 Å². The standard InChI is InChI=1S/C19H21N3O5S2/c1-12-18(28-19(20-12)21-13(2)24)16-8-9-17(27-16)29(25,26)22-15(10-11-23)14-6-4-3-5-7-14/h3-9,15,22-23H,10-11H2,1-2H3,(H,20,21,24)/t15-/m1/s1. The summed E-state index contributed by atoms with van der Waals surface area (Å²) in [5, 5.41) is 12.1. The lowest BCUT2D eigenvalue weighted by atomic mass is 10.1. The highest BCUT2D eigenvalue weighted by Crippen LogP contribution is 2.35. The van der Waals surface area contributed by atoms with Gasteiger partial charge in [-0.2, -0.15) is 0 Å². The summed E-state index contributed by atoms with van der Waals surface area (Å²) in [6, 6.07) is 11.4. The second-order valence-corrected chi connectivity index (χ2v) is 8.97. The van der Waals surface area contributed by atoms with E-state index >= 15 is 0 Å². The number of carbonyl (C=O) groups excluding carboxylic acids is 1. The Morgan fingerprint density at radius 3 is 2.62 bits per heavy atom. The third-order valence-corrected chi connectivity index (χ3v) is 6.50. The van der Waals surface area contributed by atoms with Gasteiger partial charge in [-0.25, -0.2) is 18.1 Å². The van der Waals surface area contributed by atoms with Crippen LogP contribution in [-0.4, -0.2) is 31.0 Å². The van der Waals surface area contributed by atoms with E-state index in [1.165, 1.54) is 24.3 Å². The molecule has 154 valence electrons. The zero-order chi connectivity index (χ0) is 21.0. The maximum atomic E-state index is 12.8. The normalized spacial score (nSPS) is 12.7. The van der Waals surface area contributed by atoms with Crippen molar-refractivity contribution in [3.8, 4) is 10.6 Å². The molecule has 2 aromatic heterocycles. The number of benzene rings is 1. The number of sulfonamides is 1. The number of anilines is 1. The van der Waals surface area contributed by atoms with E-state index in [-0.39, 0.29) is 24.0 Å². The molecule has 29 heavy (non-hydrogen) atoms. The van der Waals surface area contributed by atoms with E-state index in [4.69, 9.17) is 4.42 Å². The van der Waals surface area contributed by atoms with Gasteiger partial charge in [-0.3, -0.25) is 4.79 Å². The number of rotatable bonds is 8. The van der Waals surface area contributed by atoms with E-state index < -0.39 is 16.1 Å². The monoisotopic (exact) mass is 435 g/mol. The molecule has 0 unspecified atom stereocenters. The van der Waals surface area contributed by atoms with Crippen LogP contribution < -0.4 is 10.0 Å². The molecule has 0 aliphatic heterocycles. The third-order valence-electron chi connectivity index (χ3n) is 4.07. The molecule has 8 nitrogen and oxygen atoms in total. The molecule has 0 aliphatic rings. The number of thiazole rings is 1. The van der Waals surface area contributed by atoms with Crippen LogP contribution in [0.1, 0.15) is 30.6 Å². The molecule has 0 radical (unpaired) electrons. The minimum absolute atomic E-state index is 0.169. The summed E-state index contributed by atoms with van der Waals surface area (Å²) in [7, 11) is -3.96. The van der Waals surface area contributed by atoms with E-state index in [2.05, 4.69) is 15.0 Å². The highest BCUT2D eigenvalue weighted by atomic mass is 32.2. The molecule has 0 saturated carbocycles. The predicted molar refractivity (Wildman–Crippen MR) is 110 cm³/mol. The van der Waals surface area contributed by atoms with Crippen LogP contribution in [-0.2, 0) is 14.8 Å². The SMILES string of the molecule is CC(=O)Nc1nc(C)c(-c2ccc(S(=O)(=O)N[C@H](CCO)c3ccccc3)o2)s1. The fraction of sp³-hybridized carbons (Fsp3) is 0.263. The lowest BCUT2D eigenvalue weighted by Crippen LogP contribution is -2.29. The molecule has 2 heterocycles. The maximum Gasteiger partial charge on any atom is 0.274 e. The van der Waals surface area contributed by atoms with Crippen molar-refractivity contribution >= 4 is 32.4 Å². The largest absolute Gasteiger partial charge is 0.442 e. The maximum absolute atomic E-state index is 12.8. The second-order valence-electron chi connectivity index (χ2n) is 6.33. The lowest BCUT2D eigenvalue weighted by Gasteiger charge is -2.17. The first-order valence-corrected chi connectivity index (χ1v) is 11.1. The number of hydrogen-bond donors (Lipinski definition) is 3. The van der Waals surface area contributed by atoms with Crippen LogP contribution in [0.15, 0.2) is 52.0 Å². The fourth-order valence-corrected chi connectivity index (χ4v) is 4.93. The van der Waals surface area contributed by atoms with Crippen molar-refractivity contribution in [3.63, 3.8) is 0 Å². The van der Waals surface area contributed by atoms with E-state index in [9.17, 15) is 18.3 Å². The van der Waals surface area contributed by atoms with E-state index in [0.717, 1.165) is 5.56 Å². The van der Waals surface area contributed by atoms with Crippen molar-refractivity contribution in [2.75, 3.05) is 11.9 Å². The Morgan fingerprint density at radius 2 is 1.97 bits per heavy atom. The van der Waals surface area contributed by atoms with Gasteiger partial charge in [-0.15, -0.1) is 0 Å². The van der Waals surface area contributed by atoms with E-state index in [1.807, 2.05) is 6.07 Å². The minimum atomic E-state index is -3.96. The number of amides is 1. The van der Waals surface area contributed by atoms with Gasteiger partial charge in [0.2, 0.25) is 11.0 Å². The number of nitrogens with one attached hydrogen (secondary N) is 2. The molecule has 3 aromatic rings. The first-order valence-electron chi connectivity index (χ1n) is 8.83. The Balaban J connectivity index is 1.85. The van der Waals surface area contributed by atoms with Gasteiger partial charge < -0.3 is 14.8 Å². The van der Waals surface area contributed by atoms with Crippen LogP contribution in [0.3, 0.4) is 0 Å². The number of hydrogen-bond acceptors (Lipinski definition) is 7. The van der Waals surface area contributed by atoms with Gasteiger partial charge in [0, 0.05) is 19.6 Å². The molecule has 1 aromatic carbocycles.